The Kier molecular flexibility index (Phi) is 3.40. The smallest absolute Gasteiger partial charge is 0.127 e. The highest BCUT2D eigenvalue weighted by Gasteiger charge is 2.24. The number of hydrogen-bond donors (Lipinski definition) is 2. The van der Waals surface area contributed by atoms with E-state index in [-0.39, 0.29) is 11.8 Å². The van der Waals surface area contributed by atoms with Crippen LogP contribution in [0.5, 0.6) is 11.5 Å². The maximum absolute atomic E-state index is 9.41. The van der Waals surface area contributed by atoms with Crippen LogP contribution in [-0.2, 0) is 13.0 Å². The van der Waals surface area contributed by atoms with Crippen LogP contribution in [0, 0.1) is 0 Å². The van der Waals surface area contributed by atoms with Crippen molar-refractivity contribution in [1.82, 2.24) is 10.3 Å². The van der Waals surface area contributed by atoms with Crippen molar-refractivity contribution in [2.45, 2.75) is 25.9 Å². The average molecular weight is 276 g/mol. The number of benzene rings is 1. The second-order valence-corrected chi connectivity index (χ2v) is 5.74. The fourth-order valence-electron chi connectivity index (χ4n) is 2.17. The zero-order chi connectivity index (χ0) is 13.2. The fourth-order valence-corrected chi connectivity index (χ4v) is 2.98. The van der Waals surface area contributed by atoms with E-state index in [1.54, 1.807) is 23.5 Å². The number of phenols is 1. The van der Waals surface area contributed by atoms with E-state index in [9.17, 15) is 5.11 Å². The van der Waals surface area contributed by atoms with Crippen molar-refractivity contribution in [3.8, 4) is 11.5 Å². The predicted molar refractivity (Wildman–Crippen MR) is 74.7 cm³/mol. The van der Waals surface area contributed by atoms with Crippen LogP contribution in [0.25, 0.3) is 0 Å². The Bertz CT molecular complexity index is 583. The number of fused-ring (bicyclic) bond motifs is 1. The van der Waals surface area contributed by atoms with Gasteiger partial charge in [-0.25, -0.2) is 4.98 Å². The number of nitrogens with zero attached hydrogens (tertiary/aromatic N) is 1. The normalized spacial score (nSPS) is 17.2. The molecule has 100 valence electrons. The van der Waals surface area contributed by atoms with Gasteiger partial charge in [-0.2, -0.15) is 0 Å². The fraction of sp³-hybridized carbons (Fsp3) is 0.357. The molecule has 1 aromatic heterocycles. The molecule has 0 saturated heterocycles. The standard InChI is InChI=1S/C14H16N2O2S/c1-2-10-6-16-14(19-10)7-15-12-8-18-13-5-9(17)3-4-11(12)13/h3-6,12,15,17H,2,7-8H2,1H3. The van der Waals surface area contributed by atoms with Gasteiger partial charge >= 0.3 is 0 Å². The summed E-state index contributed by atoms with van der Waals surface area (Å²) in [7, 11) is 0. The number of aryl methyl sites for hydroxylation is 1. The first kappa shape index (κ1) is 12.4. The van der Waals surface area contributed by atoms with Crippen molar-refractivity contribution in [2.75, 3.05) is 6.61 Å². The minimum atomic E-state index is 0.171. The van der Waals surface area contributed by atoms with Crippen molar-refractivity contribution >= 4 is 11.3 Å². The summed E-state index contributed by atoms with van der Waals surface area (Å²) >= 11 is 1.75. The van der Waals surface area contributed by atoms with Gasteiger partial charge in [-0.05, 0) is 18.6 Å². The molecular weight excluding hydrogens is 260 g/mol. The Balaban J connectivity index is 1.66. The largest absolute Gasteiger partial charge is 0.508 e. The molecule has 1 atom stereocenters. The summed E-state index contributed by atoms with van der Waals surface area (Å²) in [5.41, 5.74) is 1.10. The van der Waals surface area contributed by atoms with Gasteiger partial charge < -0.3 is 15.2 Å². The van der Waals surface area contributed by atoms with E-state index in [0.717, 1.165) is 29.3 Å². The number of aromatic nitrogens is 1. The average Bonchev–Trinajstić information content (AvgIpc) is 3.02. The monoisotopic (exact) mass is 276 g/mol. The Morgan fingerprint density at radius 1 is 1.53 bits per heavy atom. The third-order valence-electron chi connectivity index (χ3n) is 3.23. The molecule has 0 bridgehead atoms. The summed E-state index contributed by atoms with van der Waals surface area (Å²) in [5.74, 6) is 1.01. The van der Waals surface area contributed by atoms with Crippen molar-refractivity contribution in [1.29, 1.82) is 0 Å². The topological polar surface area (TPSA) is 54.4 Å². The van der Waals surface area contributed by atoms with Crippen LogP contribution in [0.15, 0.2) is 24.4 Å². The Morgan fingerprint density at radius 3 is 3.21 bits per heavy atom. The van der Waals surface area contributed by atoms with Crippen LogP contribution in [0.3, 0.4) is 0 Å². The first-order valence-electron chi connectivity index (χ1n) is 6.39. The molecule has 2 N–H and O–H groups in total. The third-order valence-corrected chi connectivity index (χ3v) is 4.37. The van der Waals surface area contributed by atoms with Gasteiger partial charge in [0.1, 0.15) is 23.1 Å². The lowest BCUT2D eigenvalue weighted by Gasteiger charge is -2.09. The number of aromatic hydroxyl groups is 1. The van der Waals surface area contributed by atoms with Crippen LogP contribution in [0.2, 0.25) is 0 Å². The van der Waals surface area contributed by atoms with E-state index in [1.807, 2.05) is 12.3 Å². The van der Waals surface area contributed by atoms with Gasteiger partial charge in [0.25, 0.3) is 0 Å². The summed E-state index contributed by atoms with van der Waals surface area (Å²) in [6.07, 6.45) is 2.98. The predicted octanol–water partition coefficient (Wildman–Crippen LogP) is 2.63. The Labute approximate surface area is 116 Å². The first-order chi connectivity index (χ1) is 9.26. The van der Waals surface area contributed by atoms with Crippen LogP contribution in [0.1, 0.15) is 28.4 Å². The summed E-state index contributed by atoms with van der Waals surface area (Å²) in [6, 6.07) is 5.44. The maximum Gasteiger partial charge on any atom is 0.127 e. The molecule has 5 heteroatoms. The molecule has 3 rings (SSSR count). The maximum atomic E-state index is 9.41. The van der Waals surface area contributed by atoms with Crippen molar-refractivity contribution < 1.29 is 9.84 Å². The molecule has 1 aromatic carbocycles. The highest BCUT2D eigenvalue weighted by molar-refractivity contribution is 7.11. The molecule has 0 fully saturated rings. The zero-order valence-corrected chi connectivity index (χ0v) is 11.5. The van der Waals surface area contributed by atoms with Gasteiger partial charge in [-0.3, -0.25) is 0 Å². The van der Waals surface area contributed by atoms with Crippen molar-refractivity contribution in [2.24, 2.45) is 0 Å². The van der Waals surface area contributed by atoms with Crippen LogP contribution >= 0.6 is 11.3 Å². The molecule has 4 nitrogen and oxygen atoms in total. The quantitative estimate of drug-likeness (QED) is 0.901. The summed E-state index contributed by atoms with van der Waals surface area (Å²) in [6.45, 7) is 3.49. The van der Waals surface area contributed by atoms with Crippen molar-refractivity contribution in [3.63, 3.8) is 0 Å². The third kappa shape index (κ3) is 2.57. The second-order valence-electron chi connectivity index (χ2n) is 4.54. The van der Waals surface area contributed by atoms with E-state index in [1.165, 1.54) is 4.88 Å². The van der Waals surface area contributed by atoms with E-state index < -0.39 is 0 Å². The van der Waals surface area contributed by atoms with Crippen LogP contribution in [0.4, 0.5) is 0 Å². The molecule has 1 aliphatic heterocycles. The van der Waals surface area contributed by atoms with Crippen molar-refractivity contribution in [3.05, 3.63) is 39.8 Å². The second kappa shape index (κ2) is 5.19. The van der Waals surface area contributed by atoms with E-state index >= 15 is 0 Å². The lowest BCUT2D eigenvalue weighted by atomic mass is 10.1. The molecule has 0 spiro atoms. The van der Waals surface area contributed by atoms with E-state index in [0.29, 0.717) is 6.61 Å². The molecule has 1 aliphatic rings. The number of hydrogen-bond acceptors (Lipinski definition) is 5. The molecule has 0 saturated carbocycles. The molecule has 19 heavy (non-hydrogen) atoms. The van der Waals surface area contributed by atoms with Gasteiger partial charge in [0.2, 0.25) is 0 Å². The van der Waals surface area contributed by atoms with Gasteiger partial charge in [0.05, 0.1) is 6.04 Å². The Hall–Kier alpha value is -1.59. The molecule has 0 aliphatic carbocycles. The van der Waals surface area contributed by atoms with Crippen LogP contribution in [-0.4, -0.2) is 16.7 Å². The minimum Gasteiger partial charge on any atom is -0.508 e. The van der Waals surface area contributed by atoms with Crippen LogP contribution < -0.4 is 10.1 Å². The number of ether oxygens (including phenoxy) is 1. The molecule has 2 heterocycles. The zero-order valence-electron chi connectivity index (χ0n) is 10.7. The van der Waals surface area contributed by atoms with Gasteiger partial charge in [-0.1, -0.05) is 6.92 Å². The first-order valence-corrected chi connectivity index (χ1v) is 7.20. The Morgan fingerprint density at radius 2 is 2.42 bits per heavy atom. The molecule has 2 aromatic rings. The molecule has 0 radical (unpaired) electrons. The van der Waals surface area contributed by atoms with Gasteiger partial charge in [0, 0.05) is 29.2 Å². The lowest BCUT2D eigenvalue weighted by Crippen LogP contribution is -2.21. The number of phenolic OH excluding ortho intramolecular Hbond substituents is 1. The highest BCUT2D eigenvalue weighted by atomic mass is 32.1. The number of thiazole rings is 1. The van der Waals surface area contributed by atoms with E-state index in [2.05, 4.69) is 17.2 Å². The summed E-state index contributed by atoms with van der Waals surface area (Å²) < 4.78 is 5.57. The number of nitrogens with one attached hydrogen (secondary N) is 1. The number of rotatable bonds is 4. The van der Waals surface area contributed by atoms with Gasteiger partial charge in [-0.15, -0.1) is 11.3 Å². The lowest BCUT2D eigenvalue weighted by molar-refractivity contribution is 0.309. The van der Waals surface area contributed by atoms with E-state index in [4.69, 9.17) is 4.74 Å². The van der Waals surface area contributed by atoms with Gasteiger partial charge in [0.15, 0.2) is 0 Å². The highest BCUT2D eigenvalue weighted by Crippen LogP contribution is 2.35. The summed E-state index contributed by atoms with van der Waals surface area (Å²) in [4.78, 5) is 5.70. The molecule has 1 unspecified atom stereocenters. The SMILES string of the molecule is CCc1cnc(CNC2COc3cc(O)ccc32)s1. The minimum absolute atomic E-state index is 0.171. The molecule has 0 amide bonds. The molecular formula is C14H16N2O2S. The summed E-state index contributed by atoms with van der Waals surface area (Å²) in [5, 5.41) is 14.0.